The average Bonchev–Trinajstić information content (AvgIpc) is 3.66. The van der Waals surface area contributed by atoms with E-state index in [0.29, 0.717) is 29.5 Å². The van der Waals surface area contributed by atoms with E-state index in [9.17, 15) is 14.4 Å². The molecule has 2 aromatic carbocycles. The summed E-state index contributed by atoms with van der Waals surface area (Å²) in [6.45, 7) is 7.04. The van der Waals surface area contributed by atoms with Crippen molar-refractivity contribution in [3.63, 3.8) is 0 Å². The first kappa shape index (κ1) is 24.7. The number of nitrogens with one attached hydrogen (secondary N) is 2. The van der Waals surface area contributed by atoms with E-state index in [1.54, 1.807) is 6.07 Å². The van der Waals surface area contributed by atoms with Crippen molar-refractivity contribution < 1.29 is 14.4 Å². The van der Waals surface area contributed by atoms with E-state index in [1.807, 2.05) is 79.1 Å². The second kappa shape index (κ2) is 9.02. The number of rotatable bonds is 5. The molecule has 2 saturated heterocycles. The van der Waals surface area contributed by atoms with E-state index < -0.39 is 5.92 Å². The third kappa shape index (κ3) is 4.29. The Hall–Kier alpha value is -3.58. The van der Waals surface area contributed by atoms with Crippen LogP contribution >= 0.6 is 11.6 Å². The number of ketones is 1. The molecule has 0 unspecified atom stereocenters. The minimum Gasteiger partial charge on any atom is -0.352 e. The molecular formula is C30H31ClN4O3. The maximum atomic E-state index is 13.9. The van der Waals surface area contributed by atoms with E-state index in [0.717, 1.165) is 28.2 Å². The maximum absolute atomic E-state index is 13.9. The average molecular weight is 531 g/mol. The predicted octanol–water partition coefficient (Wildman–Crippen LogP) is 5.66. The lowest BCUT2D eigenvalue weighted by molar-refractivity contribution is -0.141. The highest BCUT2D eigenvalue weighted by atomic mass is 35.5. The van der Waals surface area contributed by atoms with Gasteiger partial charge in [0, 0.05) is 46.3 Å². The van der Waals surface area contributed by atoms with Crippen LogP contribution in [-0.2, 0) is 4.79 Å². The first-order valence-electron chi connectivity index (χ1n) is 13.1. The van der Waals surface area contributed by atoms with E-state index in [2.05, 4.69) is 9.97 Å². The van der Waals surface area contributed by atoms with Crippen molar-refractivity contribution in [1.29, 1.82) is 0 Å². The number of H-pyrrole nitrogens is 2. The Morgan fingerprint density at radius 2 is 1.55 bits per heavy atom. The molecule has 0 radical (unpaired) electrons. The minimum atomic E-state index is -0.455. The molecule has 2 aromatic heterocycles. The fraction of sp³-hybridized carbons (Fsp3) is 0.367. The zero-order valence-corrected chi connectivity index (χ0v) is 22.5. The summed E-state index contributed by atoms with van der Waals surface area (Å²) in [5.74, 6) is -0.571. The quantitative estimate of drug-likeness (QED) is 0.326. The summed E-state index contributed by atoms with van der Waals surface area (Å²) >= 11 is 6.10. The van der Waals surface area contributed by atoms with Crippen molar-refractivity contribution in [1.82, 2.24) is 19.8 Å². The molecule has 2 bridgehead atoms. The molecule has 0 saturated carbocycles. The highest BCUT2D eigenvalue weighted by molar-refractivity contribution is 6.31. The van der Waals surface area contributed by atoms with Crippen molar-refractivity contribution in [2.24, 2.45) is 11.3 Å². The van der Waals surface area contributed by atoms with E-state index in [4.69, 9.17) is 11.6 Å². The molecule has 0 aliphatic carbocycles. The molecule has 2 amide bonds. The van der Waals surface area contributed by atoms with Gasteiger partial charge in [0.15, 0.2) is 5.78 Å². The zero-order valence-electron chi connectivity index (χ0n) is 21.8. The number of hydrogen-bond donors (Lipinski definition) is 2. The Labute approximate surface area is 226 Å². The van der Waals surface area contributed by atoms with Gasteiger partial charge in [0.05, 0.1) is 23.7 Å². The summed E-state index contributed by atoms with van der Waals surface area (Å²) in [5.41, 5.74) is 2.46. The van der Waals surface area contributed by atoms with Gasteiger partial charge in [-0.2, -0.15) is 0 Å². The van der Waals surface area contributed by atoms with E-state index in [1.165, 1.54) is 0 Å². The van der Waals surface area contributed by atoms with Crippen LogP contribution in [0.4, 0.5) is 0 Å². The summed E-state index contributed by atoms with van der Waals surface area (Å²) in [6, 6.07) is 16.9. The van der Waals surface area contributed by atoms with Gasteiger partial charge in [-0.05, 0) is 48.2 Å². The second-order valence-electron chi connectivity index (χ2n) is 11.7. The van der Waals surface area contributed by atoms with E-state index in [-0.39, 0.29) is 41.5 Å². The number of amides is 2. The zero-order chi connectivity index (χ0) is 26.8. The SMILES string of the molecule is CC(C)(C)[C@H](CC(=O)c1cc2ccccc2[nH]1)C(=O)N1C[C@@H]2C[C@H]1CN2C(=O)c1cc2cc(Cl)ccc2[nH]1. The number of likely N-dealkylation sites (tertiary alicyclic amines) is 2. The number of para-hydroxylation sites is 1. The first-order chi connectivity index (χ1) is 18.1. The minimum absolute atomic E-state index is 0.00168. The van der Waals surface area contributed by atoms with E-state index >= 15 is 0 Å². The standard InChI is InChI=1S/C30H31ClN4O3/c1-30(2,3)22(14-27(36)25-11-17-6-4-5-7-23(17)32-25)28(37)34-15-21-13-20(34)16-35(21)29(38)26-12-18-10-19(31)8-9-24(18)33-26/h4-12,20-22,32-33H,13-16H2,1-3H3/t20-,21-,22+/m0/s1. The number of Topliss-reactive ketones (excluding diaryl/α,β-unsaturated/α-hetero) is 1. The lowest BCUT2D eigenvalue weighted by Crippen LogP contribution is -2.53. The molecule has 8 heteroatoms. The van der Waals surface area contributed by atoms with Crippen molar-refractivity contribution in [3.8, 4) is 0 Å². The summed E-state index contributed by atoms with van der Waals surface area (Å²) in [7, 11) is 0. The molecule has 196 valence electrons. The summed E-state index contributed by atoms with van der Waals surface area (Å²) < 4.78 is 0. The van der Waals surface area contributed by atoms with Crippen molar-refractivity contribution in [2.75, 3.05) is 13.1 Å². The Morgan fingerprint density at radius 3 is 2.26 bits per heavy atom. The van der Waals surface area contributed by atoms with Crippen LogP contribution in [0.3, 0.4) is 0 Å². The third-order valence-electron chi connectivity index (χ3n) is 8.16. The summed E-state index contributed by atoms with van der Waals surface area (Å²) in [5, 5.41) is 2.50. The molecule has 0 spiro atoms. The third-order valence-corrected chi connectivity index (χ3v) is 8.40. The van der Waals surface area contributed by atoms with Gasteiger partial charge in [0.25, 0.3) is 5.91 Å². The number of carbonyl (C=O) groups excluding carboxylic acids is 3. The monoisotopic (exact) mass is 530 g/mol. The number of aromatic nitrogens is 2. The number of benzene rings is 2. The van der Waals surface area contributed by atoms with Gasteiger partial charge in [0.2, 0.25) is 5.91 Å². The smallest absolute Gasteiger partial charge is 0.270 e. The van der Waals surface area contributed by atoms with Crippen LogP contribution in [0, 0.1) is 11.3 Å². The lowest BCUT2D eigenvalue weighted by Gasteiger charge is -2.39. The fourth-order valence-electron chi connectivity index (χ4n) is 6.04. The molecule has 2 aliphatic heterocycles. The molecule has 2 N–H and O–H groups in total. The van der Waals surface area contributed by atoms with Crippen LogP contribution in [0.25, 0.3) is 21.8 Å². The Bertz CT molecular complexity index is 1550. The van der Waals surface area contributed by atoms with Gasteiger partial charge in [-0.1, -0.05) is 50.6 Å². The van der Waals surface area contributed by atoms with Gasteiger partial charge in [-0.15, -0.1) is 0 Å². The molecule has 6 rings (SSSR count). The molecule has 7 nitrogen and oxygen atoms in total. The van der Waals surface area contributed by atoms with Crippen LogP contribution in [0.5, 0.6) is 0 Å². The number of fused-ring (bicyclic) bond motifs is 4. The molecular weight excluding hydrogens is 500 g/mol. The van der Waals surface area contributed by atoms with Crippen molar-refractivity contribution in [2.45, 2.75) is 45.7 Å². The second-order valence-corrected chi connectivity index (χ2v) is 12.2. The van der Waals surface area contributed by atoms with Gasteiger partial charge in [-0.3, -0.25) is 14.4 Å². The van der Waals surface area contributed by atoms with Gasteiger partial charge in [-0.25, -0.2) is 0 Å². The van der Waals surface area contributed by atoms with Gasteiger partial charge >= 0.3 is 0 Å². The summed E-state index contributed by atoms with van der Waals surface area (Å²) in [4.78, 5) is 50.7. The van der Waals surface area contributed by atoms with Gasteiger partial charge < -0.3 is 19.8 Å². The predicted molar refractivity (Wildman–Crippen MR) is 148 cm³/mol. The number of halogens is 1. The van der Waals surface area contributed by atoms with Crippen molar-refractivity contribution >= 4 is 51.0 Å². The van der Waals surface area contributed by atoms with Crippen molar-refractivity contribution in [3.05, 3.63) is 71.0 Å². The number of hydrogen-bond acceptors (Lipinski definition) is 3. The Morgan fingerprint density at radius 1 is 0.895 bits per heavy atom. The normalized spacial score (nSPS) is 20.0. The number of nitrogens with zero attached hydrogens (tertiary/aromatic N) is 2. The number of carbonyl (C=O) groups is 3. The Kier molecular flexibility index (Phi) is 5.87. The van der Waals surface area contributed by atoms with Crippen LogP contribution in [0.2, 0.25) is 5.02 Å². The molecule has 4 aromatic rings. The first-order valence-corrected chi connectivity index (χ1v) is 13.5. The number of piperazine rings is 1. The number of aromatic amines is 2. The molecule has 2 fully saturated rings. The lowest BCUT2D eigenvalue weighted by atomic mass is 9.76. The Balaban J connectivity index is 1.16. The molecule has 4 heterocycles. The van der Waals surface area contributed by atoms with Crippen LogP contribution < -0.4 is 0 Å². The topological polar surface area (TPSA) is 89.3 Å². The fourth-order valence-corrected chi connectivity index (χ4v) is 6.22. The van der Waals surface area contributed by atoms with Crippen LogP contribution in [-0.4, -0.2) is 62.5 Å². The largest absolute Gasteiger partial charge is 0.352 e. The molecule has 3 atom stereocenters. The maximum Gasteiger partial charge on any atom is 0.270 e. The highest BCUT2D eigenvalue weighted by Gasteiger charge is 2.50. The van der Waals surface area contributed by atoms with Crippen LogP contribution in [0.1, 0.15) is 54.6 Å². The van der Waals surface area contributed by atoms with Gasteiger partial charge in [0.1, 0.15) is 5.69 Å². The van der Waals surface area contributed by atoms with Crippen LogP contribution in [0.15, 0.2) is 54.6 Å². The molecule has 38 heavy (non-hydrogen) atoms. The molecule has 2 aliphatic rings. The highest BCUT2D eigenvalue weighted by Crippen LogP contribution is 2.38. The summed E-state index contributed by atoms with van der Waals surface area (Å²) in [6.07, 6.45) is 0.902.